The number of rotatable bonds is 2. The summed E-state index contributed by atoms with van der Waals surface area (Å²) >= 11 is 0. The fourth-order valence-corrected chi connectivity index (χ4v) is 8.24. The minimum absolute atomic E-state index is 0.0818. The van der Waals surface area contributed by atoms with E-state index in [4.69, 9.17) is 4.74 Å². The van der Waals surface area contributed by atoms with Crippen LogP contribution in [-0.4, -0.2) is 12.1 Å². The quantitative estimate of drug-likeness (QED) is 0.545. The maximum atomic E-state index is 11.6. The SMILES string of the molecule is CC(=O)O[C@H]1CCC2C3CC[C@H]4C[C@@H](C(C)C)CC[C@]4(C)C3CC[C@@]21C. The number of carbonyl (C=O) groups excluding carboxylic acids is 1. The van der Waals surface area contributed by atoms with Gasteiger partial charge in [-0.25, -0.2) is 0 Å². The third-order valence-corrected chi connectivity index (χ3v) is 9.87. The summed E-state index contributed by atoms with van der Waals surface area (Å²) in [5.74, 6) is 5.27. The lowest BCUT2D eigenvalue weighted by molar-refractivity contribution is -0.162. The summed E-state index contributed by atoms with van der Waals surface area (Å²) in [5.41, 5.74) is 0.820. The van der Waals surface area contributed by atoms with E-state index in [-0.39, 0.29) is 17.5 Å². The van der Waals surface area contributed by atoms with Gasteiger partial charge in [0.2, 0.25) is 0 Å². The molecule has 148 valence electrons. The van der Waals surface area contributed by atoms with Crippen LogP contribution in [0, 0.1) is 46.3 Å². The average molecular weight is 361 g/mol. The Bertz CT molecular complexity index is 554. The summed E-state index contributed by atoms with van der Waals surface area (Å²) in [6.07, 6.45) is 12.5. The van der Waals surface area contributed by atoms with Crippen molar-refractivity contribution in [3.05, 3.63) is 0 Å². The summed E-state index contributed by atoms with van der Waals surface area (Å²) in [7, 11) is 0. The van der Waals surface area contributed by atoms with Crippen LogP contribution in [0.25, 0.3) is 0 Å². The molecule has 0 heterocycles. The van der Waals surface area contributed by atoms with Crippen molar-refractivity contribution in [2.45, 2.75) is 98.5 Å². The molecule has 3 unspecified atom stereocenters. The van der Waals surface area contributed by atoms with Crippen molar-refractivity contribution >= 4 is 5.97 Å². The summed E-state index contributed by atoms with van der Waals surface area (Å²) in [6, 6.07) is 0. The Kier molecular flexibility index (Phi) is 4.72. The van der Waals surface area contributed by atoms with E-state index in [1.54, 1.807) is 6.92 Å². The Morgan fingerprint density at radius 3 is 2.31 bits per heavy atom. The minimum atomic E-state index is -0.0818. The van der Waals surface area contributed by atoms with E-state index < -0.39 is 0 Å². The van der Waals surface area contributed by atoms with Gasteiger partial charge in [-0.3, -0.25) is 4.79 Å². The van der Waals surface area contributed by atoms with E-state index in [2.05, 4.69) is 27.7 Å². The second-order valence-electron chi connectivity index (χ2n) is 11.2. The number of carbonyl (C=O) groups is 1. The van der Waals surface area contributed by atoms with Crippen molar-refractivity contribution in [3.63, 3.8) is 0 Å². The normalized spacial score (nSPS) is 50.7. The third kappa shape index (κ3) is 2.76. The molecule has 0 saturated heterocycles. The van der Waals surface area contributed by atoms with Crippen molar-refractivity contribution in [1.29, 1.82) is 0 Å². The number of esters is 1. The number of fused-ring (bicyclic) bond motifs is 5. The van der Waals surface area contributed by atoms with E-state index in [1.165, 1.54) is 51.4 Å². The second-order valence-corrected chi connectivity index (χ2v) is 11.2. The first-order valence-electron chi connectivity index (χ1n) is 11.4. The standard InChI is InChI=1S/C24H40O2/c1-15(2)17-10-12-23(4)18(14-17)6-7-19-20-8-9-22(26-16(3)25)24(20,5)13-11-21(19)23/h15,17-22H,6-14H2,1-5H3/t17-,18-,19?,20?,21?,22-,23-,24-/m0/s1. The highest BCUT2D eigenvalue weighted by atomic mass is 16.5. The van der Waals surface area contributed by atoms with Crippen LogP contribution in [0.1, 0.15) is 92.4 Å². The summed E-state index contributed by atoms with van der Waals surface area (Å²) in [4.78, 5) is 11.6. The van der Waals surface area contributed by atoms with E-state index in [0.717, 1.165) is 41.9 Å². The first kappa shape index (κ1) is 18.8. The Balaban J connectivity index is 1.54. The van der Waals surface area contributed by atoms with E-state index >= 15 is 0 Å². The lowest BCUT2D eigenvalue weighted by atomic mass is 9.44. The van der Waals surface area contributed by atoms with E-state index in [9.17, 15) is 4.79 Å². The Hall–Kier alpha value is -0.530. The molecule has 4 rings (SSSR count). The van der Waals surface area contributed by atoms with Gasteiger partial charge in [-0.05, 0) is 98.7 Å². The Morgan fingerprint density at radius 2 is 1.62 bits per heavy atom. The maximum absolute atomic E-state index is 11.6. The highest BCUT2D eigenvalue weighted by molar-refractivity contribution is 5.66. The lowest BCUT2D eigenvalue weighted by Crippen LogP contribution is -2.54. The molecular formula is C24H40O2. The zero-order valence-corrected chi connectivity index (χ0v) is 17.7. The molecule has 2 heteroatoms. The van der Waals surface area contributed by atoms with Gasteiger partial charge in [0.15, 0.2) is 0 Å². The van der Waals surface area contributed by atoms with Crippen LogP contribution in [0.5, 0.6) is 0 Å². The van der Waals surface area contributed by atoms with Gasteiger partial charge in [0.25, 0.3) is 0 Å². The van der Waals surface area contributed by atoms with Crippen LogP contribution in [0.15, 0.2) is 0 Å². The largest absolute Gasteiger partial charge is 0.462 e. The molecule has 0 aromatic rings. The molecule has 0 spiro atoms. The predicted molar refractivity (Wildman–Crippen MR) is 106 cm³/mol. The van der Waals surface area contributed by atoms with E-state index in [1.807, 2.05) is 0 Å². The molecule has 4 aliphatic rings. The number of hydrogen-bond acceptors (Lipinski definition) is 2. The van der Waals surface area contributed by atoms with Gasteiger partial charge in [-0.2, -0.15) is 0 Å². The molecule has 0 aromatic heterocycles. The fraction of sp³-hybridized carbons (Fsp3) is 0.958. The molecule has 26 heavy (non-hydrogen) atoms. The second kappa shape index (κ2) is 6.52. The molecule has 0 aliphatic heterocycles. The molecule has 4 aliphatic carbocycles. The predicted octanol–water partition coefficient (Wildman–Crippen LogP) is 6.23. The first-order valence-corrected chi connectivity index (χ1v) is 11.4. The van der Waals surface area contributed by atoms with Crippen molar-refractivity contribution in [2.75, 3.05) is 0 Å². The van der Waals surface area contributed by atoms with Crippen LogP contribution < -0.4 is 0 Å². The molecule has 4 fully saturated rings. The van der Waals surface area contributed by atoms with Gasteiger partial charge < -0.3 is 4.74 Å². The van der Waals surface area contributed by atoms with E-state index in [0.29, 0.717) is 5.41 Å². The molecule has 0 aromatic carbocycles. The molecular weight excluding hydrogens is 320 g/mol. The Labute approximate surface area is 160 Å². The number of hydrogen-bond donors (Lipinski definition) is 0. The monoisotopic (exact) mass is 360 g/mol. The molecule has 0 N–H and O–H groups in total. The van der Waals surface area contributed by atoms with Crippen LogP contribution in [-0.2, 0) is 9.53 Å². The fourth-order valence-electron chi connectivity index (χ4n) is 8.24. The molecule has 0 bridgehead atoms. The van der Waals surface area contributed by atoms with Crippen molar-refractivity contribution in [3.8, 4) is 0 Å². The van der Waals surface area contributed by atoms with Crippen LogP contribution in [0.4, 0.5) is 0 Å². The molecule has 8 atom stereocenters. The van der Waals surface area contributed by atoms with Gasteiger partial charge in [0.05, 0.1) is 0 Å². The van der Waals surface area contributed by atoms with Gasteiger partial charge in [-0.15, -0.1) is 0 Å². The zero-order valence-electron chi connectivity index (χ0n) is 17.7. The summed E-state index contributed by atoms with van der Waals surface area (Å²) in [6.45, 7) is 11.5. The van der Waals surface area contributed by atoms with Crippen molar-refractivity contribution < 1.29 is 9.53 Å². The highest BCUT2D eigenvalue weighted by Gasteiger charge is 2.61. The topological polar surface area (TPSA) is 26.3 Å². The molecule has 0 amide bonds. The average Bonchev–Trinajstić information content (AvgIpc) is 2.90. The molecule has 2 nitrogen and oxygen atoms in total. The summed E-state index contributed by atoms with van der Waals surface area (Å²) < 4.78 is 5.80. The third-order valence-electron chi connectivity index (χ3n) is 9.87. The van der Waals surface area contributed by atoms with Crippen molar-refractivity contribution in [1.82, 2.24) is 0 Å². The number of ether oxygens (including phenoxy) is 1. The highest BCUT2D eigenvalue weighted by Crippen LogP contribution is 2.67. The Morgan fingerprint density at radius 1 is 0.923 bits per heavy atom. The van der Waals surface area contributed by atoms with Gasteiger partial charge in [-0.1, -0.05) is 27.7 Å². The van der Waals surface area contributed by atoms with Gasteiger partial charge in [0.1, 0.15) is 6.10 Å². The smallest absolute Gasteiger partial charge is 0.302 e. The minimum Gasteiger partial charge on any atom is -0.462 e. The van der Waals surface area contributed by atoms with Crippen molar-refractivity contribution in [2.24, 2.45) is 46.3 Å². The zero-order chi connectivity index (χ0) is 18.7. The molecule has 4 saturated carbocycles. The molecule has 0 radical (unpaired) electrons. The summed E-state index contributed by atoms with van der Waals surface area (Å²) in [5, 5.41) is 0. The van der Waals surface area contributed by atoms with Gasteiger partial charge >= 0.3 is 5.97 Å². The lowest BCUT2D eigenvalue weighted by Gasteiger charge is -2.61. The van der Waals surface area contributed by atoms with Crippen LogP contribution in [0.3, 0.4) is 0 Å². The first-order chi connectivity index (χ1) is 12.3. The van der Waals surface area contributed by atoms with Gasteiger partial charge in [0, 0.05) is 12.3 Å². The van der Waals surface area contributed by atoms with Crippen LogP contribution >= 0.6 is 0 Å². The van der Waals surface area contributed by atoms with Crippen LogP contribution in [0.2, 0.25) is 0 Å². The maximum Gasteiger partial charge on any atom is 0.302 e.